The standard InChI is InChI=1S/C21H33N3O2/c1-15(2)19-11-9-18(10-12-19)14-23(5)21(26)22-17(4)20(25)24-13-7-6-8-16(24)3/h9-12,15-17H,6-8,13-14H2,1-5H3,(H,22,26). The number of carbonyl (C=O) groups excluding carboxylic acids is 2. The minimum absolute atomic E-state index is 0.0141. The highest BCUT2D eigenvalue weighted by Gasteiger charge is 2.28. The van der Waals surface area contributed by atoms with Crippen molar-refractivity contribution in [1.29, 1.82) is 0 Å². The van der Waals surface area contributed by atoms with Crippen molar-refractivity contribution in [3.05, 3.63) is 35.4 Å². The van der Waals surface area contributed by atoms with Crippen LogP contribution in [0.5, 0.6) is 0 Å². The molecule has 144 valence electrons. The first kappa shape index (κ1) is 20.3. The predicted molar refractivity (Wildman–Crippen MR) is 105 cm³/mol. The summed E-state index contributed by atoms with van der Waals surface area (Å²) in [4.78, 5) is 28.6. The molecule has 3 amide bonds. The SMILES string of the molecule is CC(NC(=O)N(C)Cc1ccc(C(C)C)cc1)C(=O)N1CCCCC1C. The second-order valence-electron chi connectivity index (χ2n) is 7.80. The number of hydrogen-bond donors (Lipinski definition) is 1. The second kappa shape index (κ2) is 9.06. The summed E-state index contributed by atoms with van der Waals surface area (Å²) < 4.78 is 0. The number of rotatable bonds is 5. The molecule has 1 saturated heterocycles. The van der Waals surface area contributed by atoms with Crippen molar-refractivity contribution in [2.24, 2.45) is 0 Å². The normalized spacial score (nSPS) is 18.5. The number of benzene rings is 1. The maximum Gasteiger partial charge on any atom is 0.318 e. The largest absolute Gasteiger partial charge is 0.338 e. The molecule has 0 bridgehead atoms. The lowest BCUT2D eigenvalue weighted by atomic mass is 10.0. The molecule has 2 atom stereocenters. The van der Waals surface area contributed by atoms with Gasteiger partial charge in [-0.05, 0) is 50.2 Å². The first-order valence-electron chi connectivity index (χ1n) is 9.70. The molecule has 0 saturated carbocycles. The zero-order valence-electron chi connectivity index (χ0n) is 16.8. The van der Waals surface area contributed by atoms with Gasteiger partial charge in [0.25, 0.3) is 0 Å². The Balaban J connectivity index is 1.88. The van der Waals surface area contributed by atoms with E-state index in [0.29, 0.717) is 12.5 Å². The Bertz CT molecular complexity index is 612. The highest BCUT2D eigenvalue weighted by atomic mass is 16.2. The Morgan fingerprint density at radius 2 is 1.85 bits per heavy atom. The van der Waals surface area contributed by atoms with Gasteiger partial charge in [0.05, 0.1) is 0 Å². The number of amides is 3. The maximum absolute atomic E-state index is 12.6. The Kier molecular flexibility index (Phi) is 7.06. The van der Waals surface area contributed by atoms with Crippen LogP contribution in [0.1, 0.15) is 64.0 Å². The number of likely N-dealkylation sites (tertiary alicyclic amines) is 1. The van der Waals surface area contributed by atoms with Gasteiger partial charge >= 0.3 is 6.03 Å². The quantitative estimate of drug-likeness (QED) is 0.871. The second-order valence-corrected chi connectivity index (χ2v) is 7.80. The molecule has 1 aliphatic rings. The Morgan fingerprint density at radius 1 is 1.19 bits per heavy atom. The Labute approximate surface area is 157 Å². The summed E-state index contributed by atoms with van der Waals surface area (Å²) in [5, 5.41) is 2.84. The van der Waals surface area contributed by atoms with Gasteiger partial charge in [-0.15, -0.1) is 0 Å². The molecule has 2 rings (SSSR count). The molecule has 1 N–H and O–H groups in total. The van der Waals surface area contributed by atoms with E-state index in [9.17, 15) is 9.59 Å². The first-order valence-corrected chi connectivity index (χ1v) is 9.70. The Morgan fingerprint density at radius 3 is 2.42 bits per heavy atom. The van der Waals surface area contributed by atoms with Crippen LogP contribution >= 0.6 is 0 Å². The maximum atomic E-state index is 12.6. The van der Waals surface area contributed by atoms with Gasteiger partial charge in [-0.1, -0.05) is 38.1 Å². The number of hydrogen-bond acceptors (Lipinski definition) is 2. The zero-order valence-corrected chi connectivity index (χ0v) is 16.8. The zero-order chi connectivity index (χ0) is 19.3. The van der Waals surface area contributed by atoms with Crippen LogP contribution in [0, 0.1) is 0 Å². The summed E-state index contributed by atoms with van der Waals surface area (Å²) in [6.45, 7) is 9.49. The van der Waals surface area contributed by atoms with E-state index in [0.717, 1.165) is 24.9 Å². The summed E-state index contributed by atoms with van der Waals surface area (Å²) in [5.41, 5.74) is 2.37. The van der Waals surface area contributed by atoms with Crippen molar-refractivity contribution in [1.82, 2.24) is 15.1 Å². The molecular weight excluding hydrogens is 326 g/mol. The average Bonchev–Trinajstić information content (AvgIpc) is 2.61. The third-order valence-corrected chi connectivity index (χ3v) is 5.21. The van der Waals surface area contributed by atoms with E-state index in [1.54, 1.807) is 18.9 Å². The number of nitrogens with one attached hydrogen (secondary N) is 1. The van der Waals surface area contributed by atoms with Gasteiger partial charge < -0.3 is 15.1 Å². The van der Waals surface area contributed by atoms with Gasteiger partial charge in [0.1, 0.15) is 6.04 Å². The summed E-state index contributed by atoms with van der Waals surface area (Å²) in [7, 11) is 1.76. The monoisotopic (exact) mass is 359 g/mol. The lowest BCUT2D eigenvalue weighted by molar-refractivity contribution is -0.136. The fraction of sp³-hybridized carbons (Fsp3) is 0.619. The fourth-order valence-corrected chi connectivity index (χ4v) is 3.39. The number of carbonyl (C=O) groups is 2. The van der Waals surface area contributed by atoms with E-state index in [-0.39, 0.29) is 18.0 Å². The van der Waals surface area contributed by atoms with E-state index in [2.05, 4.69) is 50.4 Å². The van der Waals surface area contributed by atoms with Crippen molar-refractivity contribution in [3.8, 4) is 0 Å². The third kappa shape index (κ3) is 5.23. The van der Waals surface area contributed by atoms with Crippen LogP contribution in [-0.2, 0) is 11.3 Å². The van der Waals surface area contributed by atoms with Gasteiger partial charge in [-0.3, -0.25) is 4.79 Å². The highest BCUT2D eigenvalue weighted by Crippen LogP contribution is 2.18. The smallest absolute Gasteiger partial charge is 0.318 e. The van der Waals surface area contributed by atoms with Crippen LogP contribution in [0.3, 0.4) is 0 Å². The minimum atomic E-state index is -0.506. The van der Waals surface area contributed by atoms with Crippen molar-refractivity contribution >= 4 is 11.9 Å². The van der Waals surface area contributed by atoms with E-state index in [4.69, 9.17) is 0 Å². The van der Waals surface area contributed by atoms with Crippen LogP contribution in [0.4, 0.5) is 4.79 Å². The lowest BCUT2D eigenvalue weighted by Crippen LogP contribution is -2.53. The molecule has 0 aromatic heterocycles. The molecule has 1 heterocycles. The molecule has 1 aromatic carbocycles. The highest BCUT2D eigenvalue weighted by molar-refractivity contribution is 5.87. The molecule has 1 fully saturated rings. The molecule has 0 spiro atoms. The van der Waals surface area contributed by atoms with Gasteiger partial charge in [0, 0.05) is 26.2 Å². The molecule has 0 aliphatic carbocycles. The summed E-state index contributed by atoms with van der Waals surface area (Å²) in [6.07, 6.45) is 3.26. The lowest BCUT2D eigenvalue weighted by Gasteiger charge is -2.35. The van der Waals surface area contributed by atoms with E-state index < -0.39 is 6.04 Å². The molecule has 1 aromatic rings. The van der Waals surface area contributed by atoms with Crippen molar-refractivity contribution in [2.45, 2.75) is 71.5 Å². The van der Waals surface area contributed by atoms with E-state index >= 15 is 0 Å². The predicted octanol–water partition coefficient (Wildman–Crippen LogP) is 3.74. The molecule has 1 aliphatic heterocycles. The summed E-state index contributed by atoms with van der Waals surface area (Å²) >= 11 is 0. The van der Waals surface area contributed by atoms with Crippen molar-refractivity contribution in [2.75, 3.05) is 13.6 Å². The van der Waals surface area contributed by atoms with Crippen molar-refractivity contribution in [3.63, 3.8) is 0 Å². The summed E-state index contributed by atoms with van der Waals surface area (Å²) in [6, 6.07) is 7.86. The molecular formula is C21H33N3O2. The van der Waals surface area contributed by atoms with Crippen LogP contribution in [0.2, 0.25) is 0 Å². The molecule has 5 nitrogen and oxygen atoms in total. The van der Waals surface area contributed by atoms with Crippen molar-refractivity contribution < 1.29 is 9.59 Å². The average molecular weight is 360 g/mol. The van der Waals surface area contributed by atoms with Crippen LogP contribution < -0.4 is 5.32 Å². The molecule has 26 heavy (non-hydrogen) atoms. The Hall–Kier alpha value is -2.04. The summed E-state index contributed by atoms with van der Waals surface area (Å²) in [5.74, 6) is 0.509. The molecule has 0 radical (unpaired) electrons. The molecule has 5 heteroatoms. The minimum Gasteiger partial charge on any atom is -0.338 e. The molecule has 2 unspecified atom stereocenters. The van der Waals surface area contributed by atoms with E-state index in [1.807, 2.05) is 4.90 Å². The van der Waals surface area contributed by atoms with Crippen LogP contribution in [0.15, 0.2) is 24.3 Å². The van der Waals surface area contributed by atoms with Gasteiger partial charge in [-0.2, -0.15) is 0 Å². The first-order chi connectivity index (χ1) is 12.3. The number of urea groups is 1. The number of nitrogens with zero attached hydrogens (tertiary/aromatic N) is 2. The van der Waals surface area contributed by atoms with Crippen LogP contribution in [0.25, 0.3) is 0 Å². The fourth-order valence-electron chi connectivity index (χ4n) is 3.39. The van der Waals surface area contributed by atoms with Gasteiger partial charge in [0.2, 0.25) is 5.91 Å². The van der Waals surface area contributed by atoms with Gasteiger partial charge in [-0.25, -0.2) is 4.79 Å². The number of piperidine rings is 1. The van der Waals surface area contributed by atoms with E-state index in [1.165, 1.54) is 12.0 Å². The van der Waals surface area contributed by atoms with Crippen LogP contribution in [-0.4, -0.2) is 47.4 Å². The van der Waals surface area contributed by atoms with Gasteiger partial charge in [0.15, 0.2) is 0 Å². The third-order valence-electron chi connectivity index (χ3n) is 5.21. The topological polar surface area (TPSA) is 52.7 Å².